The van der Waals surface area contributed by atoms with Crippen LogP contribution in [0.2, 0.25) is 0 Å². The summed E-state index contributed by atoms with van der Waals surface area (Å²) >= 11 is 0. The number of hydrogen-bond donors (Lipinski definition) is 3. The van der Waals surface area contributed by atoms with E-state index in [1.54, 1.807) is 6.92 Å². The second kappa shape index (κ2) is 7.44. The van der Waals surface area contributed by atoms with Gasteiger partial charge in [-0.05, 0) is 57.7 Å². The molecule has 2 aliphatic rings. The standard InChI is InChI=1S/C21H29N5O/c1-13-3-6-19-15(11-13)12-18(20(22)23-14(2)27)21(25-19)26-9-7-17(8-10-26)24-16-4-5-16/h3,6,11-12,14,16-17,24,27H,4-5,7-10H2,1-2H3,(H2,22,23). The fourth-order valence-electron chi connectivity index (χ4n) is 3.83. The number of rotatable bonds is 5. The van der Waals surface area contributed by atoms with Gasteiger partial charge in [-0.2, -0.15) is 0 Å². The highest BCUT2D eigenvalue weighted by Crippen LogP contribution is 2.28. The van der Waals surface area contributed by atoms with Gasteiger partial charge >= 0.3 is 0 Å². The molecule has 0 spiro atoms. The van der Waals surface area contributed by atoms with Crippen molar-refractivity contribution in [1.82, 2.24) is 10.3 Å². The van der Waals surface area contributed by atoms with E-state index in [0.29, 0.717) is 11.9 Å². The van der Waals surface area contributed by atoms with Crippen LogP contribution < -0.4 is 16.0 Å². The normalized spacial score (nSPS) is 20.3. The highest BCUT2D eigenvalue weighted by Gasteiger charge is 2.28. The van der Waals surface area contributed by atoms with E-state index < -0.39 is 6.23 Å². The Bertz CT molecular complexity index is 851. The van der Waals surface area contributed by atoms with Crippen molar-refractivity contribution in [2.45, 2.75) is 57.8 Å². The Morgan fingerprint density at radius 1 is 1.22 bits per heavy atom. The van der Waals surface area contributed by atoms with Gasteiger partial charge in [0.2, 0.25) is 0 Å². The number of nitrogens with two attached hydrogens (primary N) is 1. The van der Waals surface area contributed by atoms with Gasteiger partial charge in [0, 0.05) is 30.6 Å². The zero-order valence-corrected chi connectivity index (χ0v) is 16.2. The molecule has 1 aromatic carbocycles. The number of hydrogen-bond acceptors (Lipinski definition) is 5. The Morgan fingerprint density at radius 2 is 1.93 bits per heavy atom. The van der Waals surface area contributed by atoms with Gasteiger partial charge in [-0.25, -0.2) is 9.98 Å². The van der Waals surface area contributed by atoms with Crippen LogP contribution in [0.5, 0.6) is 0 Å². The zero-order valence-electron chi connectivity index (χ0n) is 16.2. The van der Waals surface area contributed by atoms with Crippen molar-refractivity contribution in [2.24, 2.45) is 10.7 Å². The molecule has 2 heterocycles. The third kappa shape index (κ3) is 4.22. The largest absolute Gasteiger partial charge is 0.383 e. The second-order valence-electron chi connectivity index (χ2n) is 7.90. The quantitative estimate of drug-likeness (QED) is 0.558. The lowest BCUT2D eigenvalue weighted by Crippen LogP contribution is -2.44. The van der Waals surface area contributed by atoms with Crippen LogP contribution in [-0.2, 0) is 0 Å². The molecule has 1 atom stereocenters. The van der Waals surface area contributed by atoms with Crippen molar-refractivity contribution in [1.29, 1.82) is 0 Å². The number of fused-ring (bicyclic) bond motifs is 1. The van der Waals surface area contributed by atoms with Crippen molar-refractivity contribution >= 4 is 22.6 Å². The number of pyridine rings is 1. The molecule has 4 rings (SSSR count). The lowest BCUT2D eigenvalue weighted by atomic mass is 10.0. The van der Waals surface area contributed by atoms with Gasteiger partial charge in [-0.15, -0.1) is 0 Å². The maximum atomic E-state index is 9.66. The lowest BCUT2D eigenvalue weighted by molar-refractivity contribution is 0.205. The molecule has 1 saturated carbocycles. The number of piperidine rings is 1. The topological polar surface area (TPSA) is 86.8 Å². The number of aliphatic imine (C=N–C) groups is 1. The summed E-state index contributed by atoms with van der Waals surface area (Å²) in [5, 5.41) is 14.4. The van der Waals surface area contributed by atoms with Crippen LogP contribution >= 0.6 is 0 Å². The average Bonchev–Trinajstić information content (AvgIpc) is 3.44. The summed E-state index contributed by atoms with van der Waals surface area (Å²) in [7, 11) is 0. The lowest BCUT2D eigenvalue weighted by Gasteiger charge is -2.34. The minimum atomic E-state index is -0.834. The molecule has 144 valence electrons. The fraction of sp³-hybridized carbons (Fsp3) is 0.524. The highest BCUT2D eigenvalue weighted by molar-refractivity contribution is 6.04. The van der Waals surface area contributed by atoms with Crippen LogP contribution in [0, 0.1) is 6.92 Å². The Hall–Kier alpha value is -2.18. The Morgan fingerprint density at radius 3 is 2.59 bits per heavy atom. The average molecular weight is 367 g/mol. The predicted molar refractivity (Wildman–Crippen MR) is 110 cm³/mol. The smallest absolute Gasteiger partial charge is 0.144 e. The van der Waals surface area contributed by atoms with E-state index in [1.807, 2.05) is 0 Å². The summed E-state index contributed by atoms with van der Waals surface area (Å²) in [5.74, 6) is 1.22. The first kappa shape index (κ1) is 18.2. The summed E-state index contributed by atoms with van der Waals surface area (Å²) in [5.41, 5.74) is 9.19. The third-order valence-electron chi connectivity index (χ3n) is 5.40. The van der Waals surface area contributed by atoms with Crippen LogP contribution in [0.1, 0.15) is 43.7 Å². The van der Waals surface area contributed by atoms with Crippen molar-refractivity contribution in [3.63, 3.8) is 0 Å². The molecule has 0 amide bonds. The highest BCUT2D eigenvalue weighted by atomic mass is 16.3. The number of aryl methyl sites for hydroxylation is 1. The number of aliphatic hydroxyl groups is 1. The number of aliphatic hydroxyl groups excluding tert-OH is 1. The van der Waals surface area contributed by atoms with Crippen molar-refractivity contribution in [2.75, 3.05) is 18.0 Å². The van der Waals surface area contributed by atoms with Gasteiger partial charge in [0.05, 0.1) is 11.1 Å². The van der Waals surface area contributed by atoms with Crippen molar-refractivity contribution in [3.8, 4) is 0 Å². The molecule has 6 heteroatoms. The molecule has 6 nitrogen and oxygen atoms in total. The Kier molecular flexibility index (Phi) is 5.02. The maximum Gasteiger partial charge on any atom is 0.144 e. The van der Waals surface area contributed by atoms with E-state index in [2.05, 4.69) is 46.4 Å². The molecule has 4 N–H and O–H groups in total. The van der Waals surface area contributed by atoms with Gasteiger partial charge in [0.1, 0.15) is 17.9 Å². The minimum Gasteiger partial charge on any atom is -0.383 e. The van der Waals surface area contributed by atoms with Crippen LogP contribution in [0.3, 0.4) is 0 Å². The summed E-state index contributed by atoms with van der Waals surface area (Å²) in [4.78, 5) is 11.4. The number of nitrogens with zero attached hydrogens (tertiary/aromatic N) is 3. The molecule has 27 heavy (non-hydrogen) atoms. The molecular formula is C21H29N5O. The van der Waals surface area contributed by atoms with E-state index >= 15 is 0 Å². The van der Waals surface area contributed by atoms with Crippen molar-refractivity contribution in [3.05, 3.63) is 35.4 Å². The first-order valence-corrected chi connectivity index (χ1v) is 9.94. The van der Waals surface area contributed by atoms with Gasteiger partial charge in [-0.3, -0.25) is 0 Å². The minimum absolute atomic E-state index is 0.342. The number of anilines is 1. The van der Waals surface area contributed by atoms with Gasteiger partial charge in [0.25, 0.3) is 0 Å². The van der Waals surface area contributed by atoms with Crippen LogP contribution in [-0.4, -0.2) is 47.3 Å². The summed E-state index contributed by atoms with van der Waals surface area (Å²) in [6.07, 6.45) is 4.03. The van der Waals surface area contributed by atoms with Gasteiger partial charge in [-0.1, -0.05) is 11.6 Å². The molecule has 0 radical (unpaired) electrons. The zero-order chi connectivity index (χ0) is 19.0. The first-order valence-electron chi connectivity index (χ1n) is 9.94. The molecule has 1 aliphatic heterocycles. The molecule has 2 aromatic rings. The van der Waals surface area contributed by atoms with E-state index in [0.717, 1.165) is 54.3 Å². The molecule has 2 fully saturated rings. The van der Waals surface area contributed by atoms with Crippen LogP contribution in [0.4, 0.5) is 5.82 Å². The third-order valence-corrected chi connectivity index (χ3v) is 5.40. The summed E-state index contributed by atoms with van der Waals surface area (Å²) < 4.78 is 0. The monoisotopic (exact) mass is 367 g/mol. The summed E-state index contributed by atoms with van der Waals surface area (Å²) in [6.45, 7) is 5.57. The number of nitrogens with one attached hydrogen (secondary N) is 1. The van der Waals surface area contributed by atoms with Crippen LogP contribution in [0.25, 0.3) is 10.9 Å². The van der Waals surface area contributed by atoms with E-state index in [-0.39, 0.29) is 0 Å². The SMILES string of the molecule is Cc1ccc2nc(N3CCC(NC4CC4)CC3)c(C(N)=NC(C)O)cc2c1. The predicted octanol–water partition coefficient (Wildman–Crippen LogP) is 2.31. The van der Waals surface area contributed by atoms with E-state index in [4.69, 9.17) is 10.7 Å². The maximum absolute atomic E-state index is 9.66. The molecule has 1 aromatic heterocycles. The molecule has 1 unspecified atom stereocenters. The Labute approximate surface area is 160 Å². The summed E-state index contributed by atoms with van der Waals surface area (Å²) in [6, 6.07) is 9.65. The van der Waals surface area contributed by atoms with Gasteiger partial charge < -0.3 is 21.1 Å². The first-order chi connectivity index (χ1) is 13.0. The second-order valence-corrected chi connectivity index (χ2v) is 7.90. The number of benzene rings is 1. The van der Waals surface area contributed by atoms with Crippen molar-refractivity contribution < 1.29 is 5.11 Å². The fourth-order valence-corrected chi connectivity index (χ4v) is 3.83. The molecule has 1 saturated heterocycles. The molecule has 1 aliphatic carbocycles. The Balaban J connectivity index is 1.66. The van der Waals surface area contributed by atoms with Gasteiger partial charge in [0.15, 0.2) is 0 Å². The molecular weight excluding hydrogens is 338 g/mol. The van der Waals surface area contributed by atoms with Crippen LogP contribution in [0.15, 0.2) is 29.3 Å². The number of aromatic nitrogens is 1. The van der Waals surface area contributed by atoms with E-state index in [9.17, 15) is 5.11 Å². The molecule has 0 bridgehead atoms. The number of amidine groups is 1. The van der Waals surface area contributed by atoms with E-state index in [1.165, 1.54) is 18.4 Å².